The van der Waals surface area contributed by atoms with Crippen LogP contribution in [-0.2, 0) is 16.0 Å². The van der Waals surface area contributed by atoms with E-state index in [4.69, 9.17) is 14.2 Å². The molecule has 0 bridgehead atoms. The van der Waals surface area contributed by atoms with Gasteiger partial charge in [-0.3, -0.25) is 9.89 Å². The summed E-state index contributed by atoms with van der Waals surface area (Å²) in [6.07, 6.45) is 0.970. The van der Waals surface area contributed by atoms with Crippen molar-refractivity contribution in [1.29, 1.82) is 0 Å². The van der Waals surface area contributed by atoms with Gasteiger partial charge in [0.2, 0.25) is 5.91 Å². The maximum Gasteiger partial charge on any atom is 0.230 e. The molecule has 1 aromatic heterocycles. The molecule has 0 aliphatic carbocycles. The Balaban J connectivity index is 1.41. The first-order valence-electron chi connectivity index (χ1n) is 8.97. The number of anilines is 1. The highest BCUT2D eigenvalue weighted by atomic mass is 79.9. The first-order valence-corrected chi connectivity index (χ1v) is 9.76. The minimum atomic E-state index is -0.147. The Morgan fingerprint density at radius 3 is 3.07 bits per heavy atom. The summed E-state index contributed by atoms with van der Waals surface area (Å²) in [7, 11) is 1.67. The van der Waals surface area contributed by atoms with Crippen molar-refractivity contribution < 1.29 is 19.0 Å². The van der Waals surface area contributed by atoms with E-state index in [9.17, 15) is 4.79 Å². The molecule has 3 aromatic rings. The molecule has 1 amide bonds. The quantitative estimate of drug-likeness (QED) is 0.604. The van der Waals surface area contributed by atoms with Gasteiger partial charge in [0.25, 0.3) is 0 Å². The molecule has 4 rings (SSSR count). The number of hydrogen-bond donors (Lipinski definition) is 2. The number of hydrogen-bond acceptors (Lipinski definition) is 5. The van der Waals surface area contributed by atoms with Crippen molar-refractivity contribution in [2.75, 3.05) is 25.6 Å². The molecular weight excluding hydrogens is 426 g/mol. The molecule has 1 atom stereocenters. The zero-order valence-corrected chi connectivity index (χ0v) is 16.9. The number of amides is 1. The van der Waals surface area contributed by atoms with E-state index in [1.165, 1.54) is 0 Å². The molecule has 2 heterocycles. The van der Waals surface area contributed by atoms with E-state index in [0.29, 0.717) is 30.5 Å². The highest BCUT2D eigenvalue weighted by Gasteiger charge is 2.21. The SMILES string of the molecule is COCCC1COc2cc(CC(=O)Nc3n[nH]c4cc(Br)ccc34)ccc2O1. The average molecular weight is 446 g/mol. The third-order valence-corrected chi connectivity index (χ3v) is 5.01. The number of H-pyrrole nitrogens is 1. The topological polar surface area (TPSA) is 85.5 Å². The first-order chi connectivity index (χ1) is 13.6. The molecule has 0 fully saturated rings. The summed E-state index contributed by atoms with van der Waals surface area (Å²) < 4.78 is 17.7. The van der Waals surface area contributed by atoms with Gasteiger partial charge < -0.3 is 19.5 Å². The van der Waals surface area contributed by atoms with Gasteiger partial charge in [-0.25, -0.2) is 0 Å². The third kappa shape index (κ3) is 4.13. The lowest BCUT2D eigenvalue weighted by Crippen LogP contribution is -2.30. The number of aromatic nitrogens is 2. The Labute approximate surface area is 170 Å². The molecule has 0 radical (unpaired) electrons. The number of ether oxygens (including phenoxy) is 3. The van der Waals surface area contributed by atoms with Crippen LogP contribution in [0.3, 0.4) is 0 Å². The molecule has 1 unspecified atom stereocenters. The van der Waals surface area contributed by atoms with Crippen molar-refractivity contribution in [3.05, 3.63) is 46.4 Å². The van der Waals surface area contributed by atoms with Gasteiger partial charge in [-0.05, 0) is 35.9 Å². The Hall–Kier alpha value is -2.58. The third-order valence-electron chi connectivity index (χ3n) is 4.52. The fourth-order valence-electron chi connectivity index (χ4n) is 3.11. The second-order valence-electron chi connectivity index (χ2n) is 6.60. The molecule has 0 spiro atoms. The summed E-state index contributed by atoms with van der Waals surface area (Å²) in [5.74, 6) is 1.73. The van der Waals surface area contributed by atoms with Crippen molar-refractivity contribution in [2.24, 2.45) is 0 Å². The zero-order valence-electron chi connectivity index (χ0n) is 15.3. The Morgan fingerprint density at radius 1 is 1.32 bits per heavy atom. The van der Waals surface area contributed by atoms with E-state index in [1.54, 1.807) is 7.11 Å². The van der Waals surface area contributed by atoms with Gasteiger partial charge in [0.1, 0.15) is 12.7 Å². The summed E-state index contributed by atoms with van der Waals surface area (Å²) in [5.41, 5.74) is 1.70. The summed E-state index contributed by atoms with van der Waals surface area (Å²) in [6.45, 7) is 1.10. The second kappa shape index (κ2) is 8.20. The number of nitrogens with one attached hydrogen (secondary N) is 2. The molecule has 7 nitrogen and oxygen atoms in total. The number of carbonyl (C=O) groups excluding carboxylic acids is 1. The summed E-state index contributed by atoms with van der Waals surface area (Å²) in [5, 5.41) is 10.8. The number of carbonyl (C=O) groups is 1. The number of aromatic amines is 1. The molecule has 2 aromatic carbocycles. The fourth-order valence-corrected chi connectivity index (χ4v) is 3.47. The van der Waals surface area contributed by atoms with Crippen molar-refractivity contribution in [1.82, 2.24) is 10.2 Å². The number of methoxy groups -OCH3 is 1. The monoisotopic (exact) mass is 445 g/mol. The Bertz CT molecular complexity index is 1000. The number of benzene rings is 2. The molecule has 2 N–H and O–H groups in total. The molecular formula is C20H20BrN3O4. The normalized spacial score (nSPS) is 15.6. The Morgan fingerprint density at radius 2 is 2.21 bits per heavy atom. The predicted molar refractivity (Wildman–Crippen MR) is 109 cm³/mol. The summed E-state index contributed by atoms with van der Waals surface area (Å²) >= 11 is 3.42. The lowest BCUT2D eigenvalue weighted by atomic mass is 10.1. The largest absolute Gasteiger partial charge is 0.486 e. The van der Waals surface area contributed by atoms with Gasteiger partial charge in [0, 0.05) is 30.0 Å². The van der Waals surface area contributed by atoms with Crippen LogP contribution in [0.2, 0.25) is 0 Å². The maximum absolute atomic E-state index is 12.5. The lowest BCUT2D eigenvalue weighted by Gasteiger charge is -2.26. The van der Waals surface area contributed by atoms with Crippen LogP contribution in [-0.4, -0.2) is 42.5 Å². The Kier molecular flexibility index (Phi) is 5.50. The summed E-state index contributed by atoms with van der Waals surface area (Å²) in [4.78, 5) is 12.5. The van der Waals surface area contributed by atoms with Gasteiger partial charge >= 0.3 is 0 Å². The van der Waals surface area contributed by atoms with Gasteiger partial charge in [0.05, 0.1) is 11.9 Å². The van der Waals surface area contributed by atoms with Crippen molar-refractivity contribution in [3.8, 4) is 11.5 Å². The lowest BCUT2D eigenvalue weighted by molar-refractivity contribution is -0.115. The van der Waals surface area contributed by atoms with Crippen molar-refractivity contribution >= 4 is 38.6 Å². The molecule has 0 saturated heterocycles. The number of nitrogens with zero attached hydrogens (tertiary/aromatic N) is 1. The van der Waals surface area contributed by atoms with E-state index in [-0.39, 0.29) is 18.4 Å². The van der Waals surface area contributed by atoms with Gasteiger partial charge in [0.15, 0.2) is 17.3 Å². The van der Waals surface area contributed by atoms with Crippen LogP contribution < -0.4 is 14.8 Å². The van der Waals surface area contributed by atoms with Gasteiger partial charge in [-0.15, -0.1) is 0 Å². The van der Waals surface area contributed by atoms with Crippen LogP contribution in [0.4, 0.5) is 5.82 Å². The van der Waals surface area contributed by atoms with Crippen LogP contribution >= 0.6 is 15.9 Å². The molecule has 8 heteroatoms. The molecule has 1 aliphatic rings. The number of fused-ring (bicyclic) bond motifs is 2. The van der Waals surface area contributed by atoms with Gasteiger partial charge in [-0.1, -0.05) is 22.0 Å². The maximum atomic E-state index is 12.5. The predicted octanol–water partition coefficient (Wildman–Crippen LogP) is 3.68. The van der Waals surface area contributed by atoms with Crippen LogP contribution in [0.25, 0.3) is 10.9 Å². The highest BCUT2D eigenvalue weighted by molar-refractivity contribution is 9.10. The van der Waals surface area contributed by atoms with Crippen molar-refractivity contribution in [3.63, 3.8) is 0 Å². The van der Waals surface area contributed by atoms with E-state index in [0.717, 1.165) is 27.4 Å². The van der Waals surface area contributed by atoms with Crippen LogP contribution in [0, 0.1) is 0 Å². The van der Waals surface area contributed by atoms with E-state index >= 15 is 0 Å². The van der Waals surface area contributed by atoms with Crippen LogP contribution in [0.15, 0.2) is 40.9 Å². The first kappa shape index (κ1) is 18.8. The second-order valence-corrected chi connectivity index (χ2v) is 7.52. The van der Waals surface area contributed by atoms with E-state index in [1.807, 2.05) is 36.4 Å². The fraction of sp³-hybridized carbons (Fsp3) is 0.300. The molecule has 28 heavy (non-hydrogen) atoms. The van der Waals surface area contributed by atoms with Crippen molar-refractivity contribution in [2.45, 2.75) is 18.9 Å². The molecule has 1 aliphatic heterocycles. The average Bonchev–Trinajstić information content (AvgIpc) is 3.07. The highest BCUT2D eigenvalue weighted by Crippen LogP contribution is 2.33. The summed E-state index contributed by atoms with van der Waals surface area (Å²) in [6, 6.07) is 11.3. The minimum Gasteiger partial charge on any atom is -0.486 e. The van der Waals surface area contributed by atoms with Crippen LogP contribution in [0.1, 0.15) is 12.0 Å². The standard InChI is InChI=1S/C20H20BrN3O4/c1-26-7-6-14-11-27-18-8-12(2-5-17(18)28-14)9-19(25)22-20-15-4-3-13(21)10-16(15)23-24-20/h2-5,8,10,14H,6-7,9,11H2,1H3,(H2,22,23,24,25). The molecule has 146 valence electrons. The smallest absolute Gasteiger partial charge is 0.230 e. The van der Waals surface area contributed by atoms with Gasteiger partial charge in [-0.2, -0.15) is 5.10 Å². The zero-order chi connectivity index (χ0) is 19.5. The van der Waals surface area contributed by atoms with E-state index < -0.39 is 0 Å². The number of rotatable bonds is 6. The minimum absolute atomic E-state index is 0.0189. The number of halogens is 1. The van der Waals surface area contributed by atoms with Crippen LogP contribution in [0.5, 0.6) is 11.5 Å². The molecule has 0 saturated carbocycles. The van der Waals surface area contributed by atoms with E-state index in [2.05, 4.69) is 31.4 Å².